The van der Waals surface area contributed by atoms with Gasteiger partial charge in [-0.25, -0.2) is 4.79 Å². The van der Waals surface area contributed by atoms with Crippen LogP contribution in [0.5, 0.6) is 5.75 Å². The van der Waals surface area contributed by atoms with E-state index in [9.17, 15) is 15.0 Å². The molecular formula is C19H32N2O4S. The fourth-order valence-corrected chi connectivity index (χ4v) is 3.53. The minimum atomic E-state index is -2.06. The lowest BCUT2D eigenvalue weighted by atomic mass is 9.90. The van der Waals surface area contributed by atoms with Gasteiger partial charge < -0.3 is 20.7 Å². The second kappa shape index (κ2) is 11.4. The number of hydrogen-bond donors (Lipinski definition) is 3. The average molecular weight is 385 g/mol. The number of aliphatic carboxylic acids is 1. The number of rotatable bonds is 13. The number of carboxylic acid groups (broad SMARTS) is 1. The lowest BCUT2D eigenvalue weighted by molar-refractivity contribution is -0.160. The molecular weight excluding hydrogens is 352 g/mol. The van der Waals surface area contributed by atoms with E-state index in [0.717, 1.165) is 25.0 Å². The molecule has 0 unspecified atom stereocenters. The number of aliphatic hydroxyl groups is 1. The molecule has 4 N–H and O–H groups in total. The van der Waals surface area contributed by atoms with Crippen LogP contribution in [0.2, 0.25) is 0 Å². The molecule has 0 saturated heterocycles. The van der Waals surface area contributed by atoms with Crippen molar-refractivity contribution in [3.05, 3.63) is 24.0 Å². The van der Waals surface area contributed by atoms with E-state index in [1.807, 2.05) is 0 Å². The fraction of sp³-hybridized carbons (Fsp3) is 0.684. The number of thioether (sulfide) groups is 1. The highest BCUT2D eigenvalue weighted by molar-refractivity contribution is 7.99. The van der Waals surface area contributed by atoms with Gasteiger partial charge in [0.15, 0.2) is 5.60 Å². The molecule has 0 aliphatic carbocycles. The first-order chi connectivity index (χ1) is 12.3. The highest BCUT2D eigenvalue weighted by atomic mass is 32.2. The predicted octanol–water partition coefficient (Wildman–Crippen LogP) is 2.73. The van der Waals surface area contributed by atoms with Crippen molar-refractivity contribution in [2.75, 3.05) is 18.1 Å². The zero-order valence-corrected chi connectivity index (χ0v) is 16.8. The van der Waals surface area contributed by atoms with Crippen molar-refractivity contribution in [3.63, 3.8) is 0 Å². The number of carbonyl (C=O) groups is 1. The summed E-state index contributed by atoms with van der Waals surface area (Å²) >= 11 is 1.55. The molecule has 26 heavy (non-hydrogen) atoms. The largest absolute Gasteiger partial charge is 0.493 e. The minimum absolute atomic E-state index is 0.155. The zero-order chi connectivity index (χ0) is 19.6. The number of carboxylic acids is 1. The predicted molar refractivity (Wildman–Crippen MR) is 106 cm³/mol. The second-order valence-corrected chi connectivity index (χ2v) is 8.06. The molecule has 6 nitrogen and oxygen atoms in total. The van der Waals surface area contributed by atoms with Gasteiger partial charge in [-0.2, -0.15) is 11.8 Å². The first-order valence-corrected chi connectivity index (χ1v) is 10.3. The Morgan fingerprint density at radius 3 is 2.73 bits per heavy atom. The number of ether oxygens (including phenoxy) is 1. The van der Waals surface area contributed by atoms with Gasteiger partial charge in [-0.15, -0.1) is 0 Å². The quantitative estimate of drug-likeness (QED) is 0.449. The Kier molecular flexibility index (Phi) is 9.98. The molecule has 0 aliphatic rings. The van der Waals surface area contributed by atoms with Crippen molar-refractivity contribution < 1.29 is 19.7 Å². The van der Waals surface area contributed by atoms with Gasteiger partial charge in [0.2, 0.25) is 0 Å². The third-order valence-electron chi connectivity index (χ3n) is 3.99. The van der Waals surface area contributed by atoms with E-state index in [1.165, 1.54) is 0 Å². The van der Waals surface area contributed by atoms with Crippen molar-refractivity contribution in [2.24, 2.45) is 11.7 Å². The van der Waals surface area contributed by atoms with Crippen molar-refractivity contribution in [1.29, 1.82) is 0 Å². The molecule has 7 heteroatoms. The monoisotopic (exact) mass is 384 g/mol. The number of nitrogens with zero attached hydrogens (tertiary/aromatic N) is 1. The number of hydrogen-bond acceptors (Lipinski definition) is 6. The molecule has 0 saturated carbocycles. The topological polar surface area (TPSA) is 106 Å². The summed E-state index contributed by atoms with van der Waals surface area (Å²) in [5, 5.41) is 20.2. The maximum atomic E-state index is 11.7. The number of aromatic nitrogens is 1. The fourth-order valence-electron chi connectivity index (χ4n) is 2.39. The molecule has 1 heterocycles. The summed E-state index contributed by atoms with van der Waals surface area (Å²) in [6.45, 7) is 6.89. The van der Waals surface area contributed by atoms with Crippen molar-refractivity contribution in [2.45, 2.75) is 58.1 Å². The Morgan fingerprint density at radius 1 is 1.38 bits per heavy atom. The molecule has 0 fully saturated rings. The Balaban J connectivity index is 2.75. The Morgan fingerprint density at radius 2 is 2.12 bits per heavy atom. The van der Waals surface area contributed by atoms with Crippen LogP contribution in [0.3, 0.4) is 0 Å². The Hall–Kier alpha value is -1.31. The first-order valence-electron chi connectivity index (χ1n) is 9.16. The summed E-state index contributed by atoms with van der Waals surface area (Å²) in [5.74, 6) is 1.01. The maximum absolute atomic E-state index is 11.7. The van der Waals surface area contributed by atoms with Gasteiger partial charge >= 0.3 is 5.97 Å². The maximum Gasteiger partial charge on any atom is 0.337 e. The highest BCUT2D eigenvalue weighted by Crippen LogP contribution is 2.22. The van der Waals surface area contributed by atoms with Gasteiger partial charge in [-0.1, -0.05) is 33.6 Å². The van der Waals surface area contributed by atoms with E-state index in [-0.39, 0.29) is 6.42 Å². The van der Waals surface area contributed by atoms with Crippen LogP contribution >= 0.6 is 11.8 Å². The third-order valence-corrected chi connectivity index (χ3v) is 5.48. The van der Waals surface area contributed by atoms with Gasteiger partial charge in [0.1, 0.15) is 5.75 Å². The summed E-state index contributed by atoms with van der Waals surface area (Å²) < 4.78 is 5.67. The van der Waals surface area contributed by atoms with Crippen LogP contribution < -0.4 is 10.5 Å². The molecule has 148 valence electrons. The van der Waals surface area contributed by atoms with E-state index in [2.05, 4.69) is 25.8 Å². The minimum Gasteiger partial charge on any atom is -0.493 e. The van der Waals surface area contributed by atoms with Crippen LogP contribution in [-0.4, -0.2) is 50.9 Å². The average Bonchev–Trinajstić information content (AvgIpc) is 2.58. The molecule has 0 bridgehead atoms. The van der Waals surface area contributed by atoms with E-state index in [4.69, 9.17) is 10.5 Å². The van der Waals surface area contributed by atoms with Gasteiger partial charge in [0, 0.05) is 30.1 Å². The van der Waals surface area contributed by atoms with Gasteiger partial charge in [-0.05, 0) is 24.2 Å². The molecule has 0 amide bonds. The van der Waals surface area contributed by atoms with E-state index >= 15 is 0 Å². The van der Waals surface area contributed by atoms with Crippen LogP contribution in [0, 0.1) is 5.92 Å². The van der Waals surface area contributed by atoms with Crippen LogP contribution in [0.4, 0.5) is 0 Å². The summed E-state index contributed by atoms with van der Waals surface area (Å²) in [6.07, 6.45) is 4.58. The second-order valence-electron chi connectivity index (χ2n) is 6.98. The summed E-state index contributed by atoms with van der Waals surface area (Å²) in [6, 6.07) is 2.52. The van der Waals surface area contributed by atoms with Crippen molar-refractivity contribution in [1.82, 2.24) is 4.98 Å². The lowest BCUT2D eigenvalue weighted by Gasteiger charge is -2.29. The first kappa shape index (κ1) is 22.7. The van der Waals surface area contributed by atoms with Crippen LogP contribution in [-0.2, 0) is 11.2 Å². The highest BCUT2D eigenvalue weighted by Gasteiger charge is 2.42. The summed E-state index contributed by atoms with van der Waals surface area (Å²) in [5.41, 5.74) is 4.42. The van der Waals surface area contributed by atoms with Gasteiger partial charge in [-0.3, -0.25) is 4.98 Å². The van der Waals surface area contributed by atoms with Crippen LogP contribution in [0.15, 0.2) is 18.3 Å². The third kappa shape index (κ3) is 7.51. The van der Waals surface area contributed by atoms with Gasteiger partial charge in [0.05, 0.1) is 12.6 Å². The van der Waals surface area contributed by atoms with Crippen LogP contribution in [0.1, 0.15) is 45.7 Å². The zero-order valence-electron chi connectivity index (χ0n) is 16.0. The molecule has 1 aromatic rings. The number of pyridine rings is 1. The SMILES string of the molecule is CCCCCOc1ccnc(C[C@](O)(C(=O)O)[C@@H](N)CSCC(C)C)c1. The van der Waals surface area contributed by atoms with Gasteiger partial charge in [0.25, 0.3) is 0 Å². The van der Waals surface area contributed by atoms with E-state index in [0.29, 0.717) is 29.7 Å². The standard InChI is InChI=1S/C19H32N2O4S/c1-4-5-6-9-25-16-7-8-21-15(10-16)11-19(24,18(22)23)17(20)13-26-12-14(2)3/h7-8,10,14,17,24H,4-6,9,11-13,20H2,1-3H3,(H,22,23)/t17-,19+/m0/s1. The van der Waals surface area contributed by atoms with Crippen molar-refractivity contribution >= 4 is 17.7 Å². The smallest absolute Gasteiger partial charge is 0.337 e. The molecule has 0 spiro atoms. The van der Waals surface area contributed by atoms with Crippen molar-refractivity contribution in [3.8, 4) is 5.75 Å². The normalized spacial score (nSPS) is 14.8. The summed E-state index contributed by atoms with van der Waals surface area (Å²) in [4.78, 5) is 15.9. The molecule has 0 aliphatic heterocycles. The molecule has 1 aromatic heterocycles. The van der Waals surface area contributed by atoms with Crippen LogP contribution in [0.25, 0.3) is 0 Å². The number of nitrogens with two attached hydrogens (primary N) is 1. The Labute approximate surface area is 160 Å². The molecule has 1 rings (SSSR count). The molecule has 0 radical (unpaired) electrons. The number of unbranched alkanes of at least 4 members (excludes halogenated alkanes) is 2. The van der Waals surface area contributed by atoms with E-state index < -0.39 is 17.6 Å². The molecule has 2 atom stereocenters. The van der Waals surface area contributed by atoms with E-state index in [1.54, 1.807) is 30.1 Å². The molecule has 0 aromatic carbocycles. The summed E-state index contributed by atoms with van der Waals surface area (Å²) in [7, 11) is 0. The Bertz CT molecular complexity index is 556. The lowest BCUT2D eigenvalue weighted by Crippen LogP contribution is -2.57.